The number of rotatable bonds is 5. The molecule has 0 spiro atoms. The molecule has 0 radical (unpaired) electrons. The van der Waals surface area contributed by atoms with E-state index in [1.165, 1.54) is 0 Å². The average Bonchev–Trinajstić information content (AvgIpc) is 3.03. The molecule has 3 heterocycles. The number of hydrogen-bond acceptors (Lipinski definition) is 6. The Hall–Kier alpha value is -2.67. The summed E-state index contributed by atoms with van der Waals surface area (Å²) in [5, 5.41) is 9.07. The largest absolute Gasteiger partial charge is 0.461 e. The summed E-state index contributed by atoms with van der Waals surface area (Å²) in [6.45, 7) is 11.6. The second-order valence-electron chi connectivity index (χ2n) is 6.39. The van der Waals surface area contributed by atoms with Gasteiger partial charge in [0.1, 0.15) is 0 Å². The monoisotopic (exact) mass is 369 g/mol. The number of hydrogen-bond donors (Lipinski definition) is 1. The van der Waals surface area contributed by atoms with Gasteiger partial charge in [0.05, 0.1) is 29.1 Å². The molecule has 0 aliphatic carbocycles. The highest BCUT2D eigenvalue weighted by atomic mass is 16.5. The third kappa shape index (κ3) is 3.73. The van der Waals surface area contributed by atoms with Crippen LogP contribution in [-0.2, 0) is 4.74 Å². The van der Waals surface area contributed by atoms with Crippen molar-refractivity contribution in [2.24, 2.45) is 0 Å². The van der Waals surface area contributed by atoms with Gasteiger partial charge in [0.15, 0.2) is 11.3 Å². The SMILES string of the molecule is C/C=C\C(=C/C)n1nc(C)c2c(N3CCNCC3)cc(C(=O)OCC)nc21. The van der Waals surface area contributed by atoms with E-state index in [0.29, 0.717) is 17.9 Å². The van der Waals surface area contributed by atoms with Crippen LogP contribution >= 0.6 is 0 Å². The average molecular weight is 369 g/mol. The molecule has 1 aliphatic rings. The van der Waals surface area contributed by atoms with Gasteiger partial charge in [-0.15, -0.1) is 0 Å². The lowest BCUT2D eigenvalue weighted by molar-refractivity contribution is 0.0520. The summed E-state index contributed by atoms with van der Waals surface area (Å²) in [5.41, 5.74) is 3.79. The van der Waals surface area contributed by atoms with E-state index in [-0.39, 0.29) is 0 Å². The van der Waals surface area contributed by atoms with E-state index in [9.17, 15) is 4.79 Å². The van der Waals surface area contributed by atoms with E-state index in [4.69, 9.17) is 9.84 Å². The summed E-state index contributed by atoms with van der Waals surface area (Å²) >= 11 is 0. The molecule has 0 unspecified atom stereocenters. The molecular weight excluding hydrogens is 342 g/mol. The minimum absolute atomic E-state index is 0.315. The summed E-state index contributed by atoms with van der Waals surface area (Å²) in [6.07, 6.45) is 5.93. The first-order valence-electron chi connectivity index (χ1n) is 9.43. The number of pyridine rings is 1. The van der Waals surface area contributed by atoms with Crippen LogP contribution in [0.25, 0.3) is 16.7 Å². The van der Waals surface area contributed by atoms with E-state index in [2.05, 4.69) is 15.2 Å². The number of ether oxygens (including phenoxy) is 1. The molecule has 1 N–H and O–H groups in total. The lowest BCUT2D eigenvalue weighted by Crippen LogP contribution is -2.43. The molecule has 0 saturated carbocycles. The molecule has 1 aliphatic heterocycles. The first-order valence-corrected chi connectivity index (χ1v) is 9.43. The van der Waals surface area contributed by atoms with Crippen LogP contribution in [0.15, 0.2) is 24.3 Å². The van der Waals surface area contributed by atoms with Gasteiger partial charge < -0.3 is 15.0 Å². The normalized spacial score (nSPS) is 15.7. The van der Waals surface area contributed by atoms with Crippen molar-refractivity contribution < 1.29 is 9.53 Å². The van der Waals surface area contributed by atoms with Crippen molar-refractivity contribution >= 4 is 28.4 Å². The second kappa shape index (κ2) is 8.35. The van der Waals surface area contributed by atoms with Gasteiger partial charge in [-0.25, -0.2) is 14.5 Å². The Morgan fingerprint density at radius 1 is 1.33 bits per heavy atom. The molecule has 2 aromatic rings. The van der Waals surface area contributed by atoms with Gasteiger partial charge in [-0.2, -0.15) is 5.10 Å². The molecule has 0 bridgehead atoms. The number of anilines is 1. The highest BCUT2D eigenvalue weighted by Crippen LogP contribution is 2.31. The quantitative estimate of drug-likeness (QED) is 0.645. The first kappa shape index (κ1) is 19.1. The van der Waals surface area contributed by atoms with Crippen LogP contribution in [0.4, 0.5) is 5.69 Å². The third-order valence-corrected chi connectivity index (χ3v) is 4.61. The van der Waals surface area contributed by atoms with Crippen LogP contribution in [0.1, 0.15) is 37.0 Å². The fourth-order valence-corrected chi connectivity index (χ4v) is 3.37. The zero-order valence-electron chi connectivity index (χ0n) is 16.5. The predicted molar refractivity (Wildman–Crippen MR) is 108 cm³/mol. The molecule has 2 aromatic heterocycles. The van der Waals surface area contributed by atoms with Gasteiger partial charge in [0, 0.05) is 26.2 Å². The van der Waals surface area contributed by atoms with Gasteiger partial charge in [-0.3, -0.25) is 0 Å². The number of carbonyl (C=O) groups is 1. The van der Waals surface area contributed by atoms with Crippen LogP contribution in [0.5, 0.6) is 0 Å². The summed E-state index contributed by atoms with van der Waals surface area (Å²) in [5.74, 6) is -0.408. The van der Waals surface area contributed by atoms with Gasteiger partial charge >= 0.3 is 5.97 Å². The molecule has 7 nitrogen and oxygen atoms in total. The summed E-state index contributed by atoms with van der Waals surface area (Å²) in [4.78, 5) is 19.3. The topological polar surface area (TPSA) is 72.3 Å². The van der Waals surface area contributed by atoms with Crippen LogP contribution in [0.3, 0.4) is 0 Å². The number of nitrogens with zero attached hydrogens (tertiary/aromatic N) is 4. The fraction of sp³-hybridized carbons (Fsp3) is 0.450. The summed E-state index contributed by atoms with van der Waals surface area (Å²) in [6, 6.07) is 1.84. The number of aryl methyl sites for hydroxylation is 1. The van der Waals surface area contributed by atoms with Crippen LogP contribution in [0, 0.1) is 6.92 Å². The number of esters is 1. The second-order valence-corrected chi connectivity index (χ2v) is 6.39. The standard InChI is InChI=1S/C20H27N5O2/c1-5-8-15(6-2)25-19-18(14(4)23-25)17(24-11-9-21-10-12-24)13-16(22-19)20(26)27-7-3/h5-6,8,13,21H,7,9-12H2,1-4H3/b8-5-,15-6+. The summed E-state index contributed by atoms with van der Waals surface area (Å²) in [7, 11) is 0. The van der Waals surface area contributed by atoms with Crippen molar-refractivity contribution in [3.8, 4) is 0 Å². The van der Waals surface area contributed by atoms with Crippen molar-refractivity contribution in [2.45, 2.75) is 27.7 Å². The number of aromatic nitrogens is 3. The maximum absolute atomic E-state index is 12.4. The number of nitrogens with one attached hydrogen (secondary N) is 1. The van der Waals surface area contributed by atoms with Crippen molar-refractivity contribution in [3.63, 3.8) is 0 Å². The third-order valence-electron chi connectivity index (χ3n) is 4.61. The molecule has 0 atom stereocenters. The smallest absolute Gasteiger partial charge is 0.357 e. The minimum atomic E-state index is -0.408. The maximum Gasteiger partial charge on any atom is 0.357 e. The minimum Gasteiger partial charge on any atom is -0.461 e. The Morgan fingerprint density at radius 2 is 2.07 bits per heavy atom. The Morgan fingerprint density at radius 3 is 2.70 bits per heavy atom. The summed E-state index contributed by atoms with van der Waals surface area (Å²) < 4.78 is 7.01. The van der Waals surface area contributed by atoms with Crippen LogP contribution in [0.2, 0.25) is 0 Å². The van der Waals surface area contributed by atoms with E-state index >= 15 is 0 Å². The first-order chi connectivity index (χ1) is 13.1. The Balaban J connectivity index is 2.25. The van der Waals surface area contributed by atoms with Gasteiger partial charge in [-0.05, 0) is 39.8 Å². The predicted octanol–water partition coefficient (Wildman–Crippen LogP) is 2.76. The van der Waals surface area contributed by atoms with E-state index < -0.39 is 5.97 Å². The van der Waals surface area contributed by atoms with Gasteiger partial charge in [-0.1, -0.05) is 12.2 Å². The maximum atomic E-state index is 12.4. The van der Waals surface area contributed by atoms with Gasteiger partial charge in [0.2, 0.25) is 0 Å². The van der Waals surface area contributed by atoms with Gasteiger partial charge in [0.25, 0.3) is 0 Å². The van der Waals surface area contributed by atoms with Crippen molar-refractivity contribution in [2.75, 3.05) is 37.7 Å². The van der Waals surface area contributed by atoms with Crippen molar-refractivity contribution in [3.05, 3.63) is 35.7 Å². The molecule has 144 valence electrons. The molecule has 0 amide bonds. The zero-order chi connectivity index (χ0) is 19.4. The lowest BCUT2D eigenvalue weighted by atomic mass is 10.1. The van der Waals surface area contributed by atoms with Crippen molar-refractivity contribution in [1.29, 1.82) is 0 Å². The molecule has 1 fully saturated rings. The van der Waals surface area contributed by atoms with Crippen molar-refractivity contribution in [1.82, 2.24) is 20.1 Å². The van der Waals surface area contributed by atoms with Crippen LogP contribution in [-0.4, -0.2) is 53.5 Å². The molecule has 0 aromatic carbocycles. The Labute approximate surface area is 159 Å². The number of carbonyl (C=O) groups excluding carboxylic acids is 1. The Kier molecular flexibility index (Phi) is 5.91. The molecule has 3 rings (SSSR count). The molecule has 7 heteroatoms. The van der Waals surface area contributed by atoms with E-state index in [1.807, 2.05) is 45.1 Å². The van der Waals surface area contributed by atoms with E-state index in [0.717, 1.165) is 48.6 Å². The molecular formula is C20H27N5O2. The zero-order valence-corrected chi connectivity index (χ0v) is 16.5. The molecule has 1 saturated heterocycles. The lowest BCUT2D eigenvalue weighted by Gasteiger charge is -2.30. The number of allylic oxidation sites excluding steroid dienone is 4. The molecule has 27 heavy (non-hydrogen) atoms. The fourth-order valence-electron chi connectivity index (χ4n) is 3.37. The number of piperazine rings is 1. The van der Waals surface area contributed by atoms with Crippen LogP contribution < -0.4 is 10.2 Å². The van der Waals surface area contributed by atoms with E-state index in [1.54, 1.807) is 11.6 Å². The highest BCUT2D eigenvalue weighted by Gasteiger charge is 2.23. The highest BCUT2D eigenvalue weighted by molar-refractivity contribution is 5.99. The number of fused-ring (bicyclic) bond motifs is 1. The Bertz CT molecular complexity index is 891.